The predicted molar refractivity (Wildman–Crippen MR) is 61.4 cm³/mol. The van der Waals surface area contributed by atoms with Crippen LogP contribution in [0.1, 0.15) is 13.8 Å². The number of hydrogen-bond acceptors (Lipinski definition) is 5. The molecule has 0 radical (unpaired) electrons. The van der Waals surface area contributed by atoms with Gasteiger partial charge >= 0.3 is 0 Å². The van der Waals surface area contributed by atoms with Crippen molar-refractivity contribution < 1.29 is 4.21 Å². The second kappa shape index (κ2) is 2.99. The second-order valence-corrected chi connectivity index (χ2v) is 7.00. The van der Waals surface area contributed by atoms with E-state index in [1.165, 1.54) is 26.0 Å². The Labute approximate surface area is 107 Å². The topological polar surface area (TPSA) is 112 Å². The van der Waals surface area contributed by atoms with Crippen molar-refractivity contribution in [3.8, 4) is 24.3 Å². The Morgan fingerprint density at radius 2 is 1.11 bits per heavy atom. The summed E-state index contributed by atoms with van der Waals surface area (Å²) in [6.07, 6.45) is 3.06. The van der Waals surface area contributed by atoms with Crippen LogP contribution in [0.3, 0.4) is 0 Å². The first-order valence-electron chi connectivity index (χ1n) is 5.13. The third-order valence-corrected chi connectivity index (χ3v) is 6.64. The Hall–Kier alpha value is -2.15. The number of rotatable bonds is 0. The smallest absolute Gasteiger partial charge is 0.197 e. The monoisotopic (exact) mass is 256 g/mol. The van der Waals surface area contributed by atoms with E-state index in [1.54, 1.807) is 24.3 Å². The summed E-state index contributed by atoms with van der Waals surface area (Å²) in [6.45, 7) is 2.99. The van der Waals surface area contributed by atoms with Crippen molar-refractivity contribution in [1.29, 1.82) is 21.0 Å². The summed E-state index contributed by atoms with van der Waals surface area (Å²) >= 11 is 0. The van der Waals surface area contributed by atoms with Crippen LogP contribution in [0.4, 0.5) is 0 Å². The van der Waals surface area contributed by atoms with E-state index >= 15 is 0 Å². The highest BCUT2D eigenvalue weighted by Crippen LogP contribution is 2.68. The molecule has 0 aromatic heterocycles. The van der Waals surface area contributed by atoms with Gasteiger partial charge in [0.05, 0.1) is 33.8 Å². The Morgan fingerprint density at radius 3 is 1.33 bits per heavy atom. The third kappa shape index (κ3) is 0.733. The molecule has 0 amide bonds. The van der Waals surface area contributed by atoms with Crippen LogP contribution in [0, 0.1) is 56.2 Å². The molecule has 0 N–H and O–H groups in total. The quantitative estimate of drug-likeness (QED) is 0.597. The van der Waals surface area contributed by atoms with Gasteiger partial charge in [0.25, 0.3) is 0 Å². The number of nitrogens with zero attached hydrogens (tertiary/aromatic N) is 4. The van der Waals surface area contributed by atoms with Gasteiger partial charge in [-0.1, -0.05) is 12.2 Å². The van der Waals surface area contributed by atoms with E-state index in [9.17, 15) is 25.3 Å². The lowest BCUT2D eigenvalue weighted by molar-refractivity contribution is 0.245. The first kappa shape index (κ1) is 12.3. The fraction of sp³-hybridized carbons (Fsp3) is 0.500. The van der Waals surface area contributed by atoms with Crippen molar-refractivity contribution in [1.82, 2.24) is 0 Å². The third-order valence-electron chi connectivity index (χ3n) is 4.21. The Balaban J connectivity index is 3.03. The van der Waals surface area contributed by atoms with Gasteiger partial charge in [-0.25, -0.2) is 0 Å². The van der Waals surface area contributed by atoms with Crippen LogP contribution in [-0.2, 0) is 10.8 Å². The zero-order valence-electron chi connectivity index (χ0n) is 9.76. The van der Waals surface area contributed by atoms with Crippen molar-refractivity contribution in [2.45, 2.75) is 23.3 Å². The average molecular weight is 256 g/mol. The molecule has 5 nitrogen and oxygen atoms in total. The standard InChI is InChI=1S/C12H8N4OS/c1-9-3-4-10(2,18(9)17)12(7-15,8-16)11(9,5-13)6-14/h3-4H,1-2H3/t9-,10+,18?. The average Bonchev–Trinajstić information content (AvgIpc) is 2.69. The highest BCUT2D eigenvalue weighted by Gasteiger charge is 2.83. The van der Waals surface area contributed by atoms with Crippen LogP contribution in [0.15, 0.2) is 12.2 Å². The van der Waals surface area contributed by atoms with E-state index in [-0.39, 0.29) is 0 Å². The van der Waals surface area contributed by atoms with Gasteiger partial charge in [-0.2, -0.15) is 21.0 Å². The lowest BCUT2D eigenvalue weighted by atomic mass is 9.53. The molecule has 3 atom stereocenters. The molecule has 18 heavy (non-hydrogen) atoms. The molecule has 2 rings (SSSR count). The summed E-state index contributed by atoms with van der Waals surface area (Å²) in [5, 5.41) is 37.6. The van der Waals surface area contributed by atoms with E-state index in [0.29, 0.717) is 0 Å². The van der Waals surface area contributed by atoms with Gasteiger partial charge in [-0.05, 0) is 13.8 Å². The molecule has 88 valence electrons. The van der Waals surface area contributed by atoms with Gasteiger partial charge in [-0.3, -0.25) is 4.21 Å². The van der Waals surface area contributed by atoms with Crippen molar-refractivity contribution in [3.05, 3.63) is 12.2 Å². The molecular weight excluding hydrogens is 248 g/mol. The van der Waals surface area contributed by atoms with Crippen LogP contribution >= 0.6 is 0 Å². The largest absolute Gasteiger partial charge is 0.258 e. The van der Waals surface area contributed by atoms with Crippen LogP contribution < -0.4 is 0 Å². The van der Waals surface area contributed by atoms with Gasteiger partial charge in [0, 0.05) is 10.8 Å². The fourth-order valence-electron chi connectivity index (χ4n) is 2.98. The van der Waals surface area contributed by atoms with Gasteiger partial charge in [0.1, 0.15) is 0 Å². The molecule has 0 aromatic carbocycles. The summed E-state index contributed by atoms with van der Waals surface area (Å²) in [6, 6.07) is 7.19. The molecule has 1 saturated heterocycles. The first-order valence-corrected chi connectivity index (χ1v) is 6.28. The van der Waals surface area contributed by atoms with Crippen molar-refractivity contribution in [3.63, 3.8) is 0 Å². The van der Waals surface area contributed by atoms with Crippen molar-refractivity contribution in [2.75, 3.05) is 0 Å². The molecule has 1 fully saturated rings. The van der Waals surface area contributed by atoms with E-state index in [1.807, 2.05) is 0 Å². The normalized spacial score (nSPS) is 41.3. The van der Waals surface area contributed by atoms with Gasteiger partial charge in [0.15, 0.2) is 10.8 Å². The van der Waals surface area contributed by atoms with Crippen molar-refractivity contribution >= 4 is 10.8 Å². The molecule has 2 bridgehead atoms. The molecule has 2 aliphatic heterocycles. The zero-order chi connectivity index (χ0) is 13.8. The number of nitriles is 4. The Morgan fingerprint density at radius 1 is 0.833 bits per heavy atom. The van der Waals surface area contributed by atoms with Gasteiger partial charge in [0.2, 0.25) is 0 Å². The summed E-state index contributed by atoms with van der Waals surface area (Å²) < 4.78 is 9.93. The highest BCUT2D eigenvalue weighted by atomic mass is 32.2. The van der Waals surface area contributed by atoms with Crippen LogP contribution in [0.5, 0.6) is 0 Å². The number of fused-ring (bicyclic) bond motifs is 2. The molecule has 2 heterocycles. The summed E-state index contributed by atoms with van der Waals surface area (Å²) in [7, 11) is -1.67. The molecule has 0 aromatic rings. The minimum absolute atomic E-state index is 1.29. The van der Waals surface area contributed by atoms with E-state index < -0.39 is 31.1 Å². The fourth-order valence-corrected chi connectivity index (χ4v) is 5.29. The van der Waals surface area contributed by atoms with Crippen LogP contribution in [-0.4, -0.2) is 13.7 Å². The van der Waals surface area contributed by atoms with Crippen LogP contribution in [0.2, 0.25) is 0 Å². The summed E-state index contributed by atoms with van der Waals surface area (Å²) in [5.74, 6) is 0. The molecule has 6 heteroatoms. The number of hydrogen-bond donors (Lipinski definition) is 0. The first-order chi connectivity index (χ1) is 8.35. The van der Waals surface area contributed by atoms with Crippen molar-refractivity contribution in [2.24, 2.45) is 10.8 Å². The molecule has 2 aliphatic rings. The van der Waals surface area contributed by atoms with E-state index in [4.69, 9.17) is 0 Å². The SMILES string of the molecule is C[C@]12C=C[C@](C)(S1=O)C(C#N)(C#N)C2(C#N)C#N. The van der Waals surface area contributed by atoms with Gasteiger partial charge in [-0.15, -0.1) is 0 Å². The highest BCUT2D eigenvalue weighted by molar-refractivity contribution is 7.89. The molecule has 1 unspecified atom stereocenters. The lowest BCUT2D eigenvalue weighted by Gasteiger charge is -2.37. The summed E-state index contributed by atoms with van der Waals surface area (Å²) in [4.78, 5) is 0. The lowest BCUT2D eigenvalue weighted by Crippen LogP contribution is -2.53. The Kier molecular flexibility index (Phi) is 2.05. The molecular formula is C12H8N4OS. The minimum atomic E-state index is -1.92. The predicted octanol–water partition coefficient (Wildman–Crippen LogP) is 0.903. The molecule has 0 saturated carbocycles. The maximum atomic E-state index is 12.5. The van der Waals surface area contributed by atoms with Gasteiger partial charge < -0.3 is 0 Å². The molecule has 0 spiro atoms. The Bertz CT molecular complexity index is 584. The summed E-state index contributed by atoms with van der Waals surface area (Å²) in [5.41, 5.74) is -3.84. The van der Waals surface area contributed by atoms with E-state index in [2.05, 4.69) is 0 Å². The molecule has 0 aliphatic carbocycles. The zero-order valence-corrected chi connectivity index (χ0v) is 10.6. The minimum Gasteiger partial charge on any atom is -0.258 e. The second-order valence-electron chi connectivity index (χ2n) is 4.76. The maximum Gasteiger partial charge on any atom is 0.197 e. The van der Waals surface area contributed by atoms with Crippen LogP contribution in [0.25, 0.3) is 0 Å². The van der Waals surface area contributed by atoms with E-state index in [0.717, 1.165) is 0 Å². The maximum absolute atomic E-state index is 12.5.